The molecule has 8 nitrogen and oxygen atoms in total. The van der Waals surface area contributed by atoms with Crippen molar-refractivity contribution in [2.45, 2.75) is 11.8 Å². The first-order valence-corrected chi connectivity index (χ1v) is 10.5. The molecular weight excluding hydrogens is 396 g/mol. The first-order valence-electron chi connectivity index (χ1n) is 9.01. The number of carbonyl (C=O) groups is 1. The molecule has 0 heterocycles. The summed E-state index contributed by atoms with van der Waals surface area (Å²) in [5, 5.41) is 2.74. The van der Waals surface area contributed by atoms with Gasteiger partial charge in [0.1, 0.15) is 18.1 Å². The minimum absolute atomic E-state index is 0.0250. The van der Waals surface area contributed by atoms with Crippen molar-refractivity contribution in [1.29, 1.82) is 0 Å². The third-order valence-corrected chi connectivity index (χ3v) is 5.52. The molecule has 2 aromatic rings. The summed E-state index contributed by atoms with van der Waals surface area (Å²) >= 11 is 0. The Kier molecular flexibility index (Phi) is 8.44. The Bertz CT molecular complexity index is 930. The van der Waals surface area contributed by atoms with Crippen LogP contribution >= 0.6 is 0 Å². The van der Waals surface area contributed by atoms with Crippen molar-refractivity contribution in [1.82, 2.24) is 10.0 Å². The van der Waals surface area contributed by atoms with Gasteiger partial charge in [0.2, 0.25) is 10.0 Å². The molecule has 0 bridgehead atoms. The monoisotopic (exact) mass is 422 g/mol. The van der Waals surface area contributed by atoms with Crippen LogP contribution in [0.3, 0.4) is 0 Å². The van der Waals surface area contributed by atoms with Gasteiger partial charge in [0.05, 0.1) is 25.2 Å². The zero-order chi connectivity index (χ0) is 21.3. The van der Waals surface area contributed by atoms with Crippen LogP contribution in [0.15, 0.2) is 47.4 Å². The number of nitrogens with one attached hydrogen (secondary N) is 2. The van der Waals surface area contributed by atoms with Gasteiger partial charge in [0.15, 0.2) is 0 Å². The molecule has 0 aliphatic rings. The molecule has 0 spiro atoms. The Labute approximate surface area is 171 Å². The molecule has 0 aliphatic heterocycles. The molecule has 0 saturated carbocycles. The molecule has 2 aromatic carbocycles. The number of aryl methyl sites for hydroxylation is 1. The predicted molar refractivity (Wildman–Crippen MR) is 109 cm³/mol. The fourth-order valence-electron chi connectivity index (χ4n) is 2.49. The minimum Gasteiger partial charge on any atom is -0.497 e. The largest absolute Gasteiger partial charge is 0.497 e. The second kappa shape index (κ2) is 10.8. The Hall–Kier alpha value is -2.62. The van der Waals surface area contributed by atoms with Crippen LogP contribution in [0.5, 0.6) is 11.5 Å². The molecule has 9 heteroatoms. The van der Waals surface area contributed by atoms with Crippen LogP contribution in [0, 0.1) is 6.92 Å². The van der Waals surface area contributed by atoms with E-state index in [1.165, 1.54) is 19.2 Å². The maximum atomic E-state index is 12.5. The standard InChI is InChI=1S/C20H26N2O6S/c1-15-7-8-18(29(24,25)22-10-11-26-2)14-19(15)20(23)21-9-12-28-17-6-4-5-16(13-17)27-3/h4-8,13-14,22H,9-12H2,1-3H3,(H,21,23). The number of amides is 1. The molecular formula is C20H26N2O6S. The van der Waals surface area contributed by atoms with E-state index in [-0.39, 0.29) is 37.1 Å². The highest BCUT2D eigenvalue weighted by Gasteiger charge is 2.17. The lowest BCUT2D eigenvalue weighted by molar-refractivity contribution is 0.0946. The van der Waals surface area contributed by atoms with Crippen molar-refractivity contribution in [2.75, 3.05) is 40.5 Å². The third-order valence-electron chi connectivity index (χ3n) is 4.06. The smallest absolute Gasteiger partial charge is 0.251 e. The zero-order valence-corrected chi connectivity index (χ0v) is 17.5. The van der Waals surface area contributed by atoms with Crippen molar-refractivity contribution in [3.8, 4) is 11.5 Å². The van der Waals surface area contributed by atoms with Gasteiger partial charge in [-0.1, -0.05) is 12.1 Å². The molecule has 2 rings (SSSR count). The fraction of sp³-hybridized carbons (Fsp3) is 0.350. The Balaban J connectivity index is 1.95. The summed E-state index contributed by atoms with van der Waals surface area (Å²) in [4.78, 5) is 12.5. The lowest BCUT2D eigenvalue weighted by Crippen LogP contribution is -2.30. The normalized spacial score (nSPS) is 11.1. The van der Waals surface area contributed by atoms with Crippen LogP contribution in [0.25, 0.3) is 0 Å². The molecule has 2 N–H and O–H groups in total. The summed E-state index contributed by atoms with van der Waals surface area (Å²) in [6, 6.07) is 11.6. The molecule has 0 aliphatic carbocycles. The third kappa shape index (κ3) is 6.74. The number of methoxy groups -OCH3 is 2. The van der Waals surface area contributed by atoms with Gasteiger partial charge in [0.25, 0.3) is 5.91 Å². The molecule has 29 heavy (non-hydrogen) atoms. The number of benzene rings is 2. The van der Waals surface area contributed by atoms with E-state index in [0.29, 0.717) is 22.6 Å². The highest BCUT2D eigenvalue weighted by atomic mass is 32.2. The van der Waals surface area contributed by atoms with Crippen molar-refractivity contribution in [2.24, 2.45) is 0 Å². The SMILES string of the molecule is COCCNS(=O)(=O)c1ccc(C)c(C(=O)NCCOc2cccc(OC)c2)c1. The predicted octanol–water partition coefficient (Wildman–Crippen LogP) is 1.74. The summed E-state index contributed by atoms with van der Waals surface area (Å²) in [6.45, 7) is 2.67. The van der Waals surface area contributed by atoms with Gasteiger partial charge in [-0.05, 0) is 36.8 Å². The van der Waals surface area contributed by atoms with E-state index in [1.54, 1.807) is 32.2 Å². The lowest BCUT2D eigenvalue weighted by atomic mass is 10.1. The van der Waals surface area contributed by atoms with Crippen LogP contribution in [0.2, 0.25) is 0 Å². The number of ether oxygens (including phenoxy) is 3. The van der Waals surface area contributed by atoms with Gasteiger partial charge in [-0.15, -0.1) is 0 Å². The summed E-state index contributed by atoms with van der Waals surface area (Å²) in [5.74, 6) is 0.940. The number of carbonyl (C=O) groups excluding carboxylic acids is 1. The van der Waals surface area contributed by atoms with E-state index in [4.69, 9.17) is 14.2 Å². The second-order valence-electron chi connectivity index (χ2n) is 6.15. The van der Waals surface area contributed by atoms with Gasteiger partial charge in [-0.2, -0.15) is 0 Å². The Morgan fingerprint density at radius 3 is 2.48 bits per heavy atom. The van der Waals surface area contributed by atoms with Crippen LogP contribution in [-0.4, -0.2) is 54.8 Å². The summed E-state index contributed by atoms with van der Waals surface area (Å²) in [7, 11) is -0.660. The van der Waals surface area contributed by atoms with E-state index in [1.807, 2.05) is 12.1 Å². The number of sulfonamides is 1. The van der Waals surface area contributed by atoms with Crippen molar-refractivity contribution in [3.63, 3.8) is 0 Å². The fourth-order valence-corrected chi connectivity index (χ4v) is 3.53. The highest BCUT2D eigenvalue weighted by molar-refractivity contribution is 7.89. The molecule has 0 saturated heterocycles. The molecule has 158 valence electrons. The Morgan fingerprint density at radius 1 is 1.00 bits per heavy atom. The van der Waals surface area contributed by atoms with Crippen molar-refractivity contribution < 1.29 is 27.4 Å². The lowest BCUT2D eigenvalue weighted by Gasteiger charge is -2.12. The highest BCUT2D eigenvalue weighted by Crippen LogP contribution is 2.19. The average molecular weight is 423 g/mol. The van der Waals surface area contributed by atoms with Crippen LogP contribution < -0.4 is 19.5 Å². The van der Waals surface area contributed by atoms with Gasteiger partial charge in [-0.25, -0.2) is 13.1 Å². The number of hydrogen-bond donors (Lipinski definition) is 2. The van der Waals surface area contributed by atoms with Gasteiger partial charge < -0.3 is 19.5 Å². The van der Waals surface area contributed by atoms with E-state index in [9.17, 15) is 13.2 Å². The van der Waals surface area contributed by atoms with Crippen LogP contribution in [-0.2, 0) is 14.8 Å². The summed E-state index contributed by atoms with van der Waals surface area (Å²) in [5.41, 5.74) is 0.966. The molecule has 0 atom stereocenters. The second-order valence-corrected chi connectivity index (χ2v) is 7.92. The summed E-state index contributed by atoms with van der Waals surface area (Å²) in [6.07, 6.45) is 0. The van der Waals surface area contributed by atoms with E-state index < -0.39 is 10.0 Å². The van der Waals surface area contributed by atoms with Gasteiger partial charge in [-0.3, -0.25) is 4.79 Å². The molecule has 0 unspecified atom stereocenters. The molecule has 0 aromatic heterocycles. The number of rotatable bonds is 11. The Morgan fingerprint density at radius 2 is 1.76 bits per heavy atom. The molecule has 0 fully saturated rings. The summed E-state index contributed by atoms with van der Waals surface area (Å²) < 4.78 is 42.7. The quantitative estimate of drug-likeness (QED) is 0.535. The van der Waals surface area contributed by atoms with E-state index in [2.05, 4.69) is 10.0 Å². The van der Waals surface area contributed by atoms with E-state index >= 15 is 0 Å². The number of hydrogen-bond acceptors (Lipinski definition) is 6. The van der Waals surface area contributed by atoms with Gasteiger partial charge >= 0.3 is 0 Å². The zero-order valence-electron chi connectivity index (χ0n) is 16.7. The van der Waals surface area contributed by atoms with Gasteiger partial charge in [0, 0.05) is 25.3 Å². The first kappa shape index (κ1) is 22.7. The van der Waals surface area contributed by atoms with E-state index in [0.717, 1.165) is 0 Å². The maximum absolute atomic E-state index is 12.5. The van der Waals surface area contributed by atoms with Crippen molar-refractivity contribution >= 4 is 15.9 Å². The van der Waals surface area contributed by atoms with Crippen LogP contribution in [0.1, 0.15) is 15.9 Å². The van der Waals surface area contributed by atoms with Crippen LogP contribution in [0.4, 0.5) is 0 Å². The average Bonchev–Trinajstić information content (AvgIpc) is 2.71. The van der Waals surface area contributed by atoms with Crippen molar-refractivity contribution in [3.05, 3.63) is 53.6 Å². The molecule has 0 radical (unpaired) electrons. The first-order chi connectivity index (χ1) is 13.9. The molecule has 1 amide bonds. The minimum atomic E-state index is -3.72. The topological polar surface area (TPSA) is 103 Å². The maximum Gasteiger partial charge on any atom is 0.251 e.